The Morgan fingerprint density at radius 2 is 1.76 bits per heavy atom. The highest BCUT2D eigenvalue weighted by Crippen LogP contribution is 2.21. The average Bonchev–Trinajstić information content (AvgIpc) is 3.12. The number of anilines is 1. The van der Waals surface area contributed by atoms with E-state index in [4.69, 9.17) is 0 Å². The molecule has 0 aliphatic carbocycles. The predicted octanol–water partition coefficient (Wildman–Crippen LogP) is 1.19. The number of aryl methyl sites for hydroxylation is 1. The van der Waals surface area contributed by atoms with Gasteiger partial charge in [-0.2, -0.15) is 4.68 Å². The second-order valence-electron chi connectivity index (χ2n) is 7.31. The van der Waals surface area contributed by atoms with Crippen LogP contribution in [0.4, 0.5) is 5.95 Å². The molecule has 1 aromatic heterocycles. The van der Waals surface area contributed by atoms with Gasteiger partial charge in [-0.3, -0.25) is 4.90 Å². The van der Waals surface area contributed by atoms with Gasteiger partial charge in [-0.1, -0.05) is 22.8 Å². The van der Waals surface area contributed by atoms with Crippen LogP contribution < -0.4 is 4.90 Å². The third-order valence-electron chi connectivity index (χ3n) is 5.44. The van der Waals surface area contributed by atoms with Crippen LogP contribution in [0.5, 0.6) is 0 Å². The summed E-state index contributed by atoms with van der Waals surface area (Å²) < 4.78 is 1.85. The highest BCUT2D eigenvalue weighted by atomic mass is 15.6. The van der Waals surface area contributed by atoms with Crippen molar-refractivity contribution >= 4 is 5.95 Å². The minimum absolute atomic E-state index is 0.703. The van der Waals surface area contributed by atoms with Gasteiger partial charge in [0.1, 0.15) is 0 Å². The van der Waals surface area contributed by atoms with Crippen LogP contribution in [0, 0.1) is 6.92 Å². The third kappa shape index (κ3) is 3.52. The van der Waals surface area contributed by atoms with Crippen molar-refractivity contribution in [3.8, 4) is 5.69 Å². The van der Waals surface area contributed by atoms with Gasteiger partial charge < -0.3 is 9.80 Å². The van der Waals surface area contributed by atoms with E-state index in [1.165, 1.54) is 31.5 Å². The molecular weight excluding hydrogens is 314 g/mol. The van der Waals surface area contributed by atoms with E-state index in [-0.39, 0.29) is 0 Å². The zero-order chi connectivity index (χ0) is 17.2. The second kappa shape index (κ2) is 7.09. The standard InChI is InChI=1S/C18H27N7/c1-15-5-7-16(8-6-15)25-18(19-20-21-25)24-12-10-23(11-13-24)17-4-3-9-22(2)14-17/h5-8,17H,3-4,9-14H2,1-2H3. The van der Waals surface area contributed by atoms with Crippen LogP contribution in [-0.2, 0) is 0 Å². The molecule has 134 valence electrons. The van der Waals surface area contributed by atoms with Crippen molar-refractivity contribution in [3.63, 3.8) is 0 Å². The van der Waals surface area contributed by atoms with Gasteiger partial charge in [0.15, 0.2) is 0 Å². The van der Waals surface area contributed by atoms with Crippen molar-refractivity contribution in [3.05, 3.63) is 29.8 Å². The van der Waals surface area contributed by atoms with E-state index in [9.17, 15) is 0 Å². The smallest absolute Gasteiger partial charge is 0.250 e. The molecule has 0 N–H and O–H groups in total. The van der Waals surface area contributed by atoms with Crippen LogP contribution in [0.25, 0.3) is 5.69 Å². The zero-order valence-corrected chi connectivity index (χ0v) is 15.2. The lowest BCUT2D eigenvalue weighted by molar-refractivity contribution is 0.106. The number of tetrazole rings is 1. The largest absolute Gasteiger partial charge is 0.337 e. The molecule has 0 amide bonds. The minimum Gasteiger partial charge on any atom is -0.337 e. The number of hydrogen-bond donors (Lipinski definition) is 0. The Morgan fingerprint density at radius 1 is 1.00 bits per heavy atom. The third-order valence-corrected chi connectivity index (χ3v) is 5.44. The van der Waals surface area contributed by atoms with Crippen molar-refractivity contribution in [2.24, 2.45) is 0 Å². The summed E-state index contributed by atoms with van der Waals surface area (Å²) in [7, 11) is 2.23. The number of likely N-dealkylation sites (tertiary alicyclic amines) is 1. The summed E-state index contributed by atoms with van der Waals surface area (Å²) in [6.45, 7) is 8.65. The van der Waals surface area contributed by atoms with Crippen molar-refractivity contribution in [1.29, 1.82) is 0 Å². The monoisotopic (exact) mass is 341 g/mol. The number of hydrogen-bond acceptors (Lipinski definition) is 6. The van der Waals surface area contributed by atoms with E-state index >= 15 is 0 Å². The molecule has 7 nitrogen and oxygen atoms in total. The maximum absolute atomic E-state index is 4.29. The maximum Gasteiger partial charge on any atom is 0.250 e. The first-order chi connectivity index (χ1) is 12.2. The molecular formula is C18H27N7. The number of benzene rings is 1. The molecule has 0 radical (unpaired) electrons. The van der Waals surface area contributed by atoms with Crippen LogP contribution in [-0.4, -0.2) is 82.4 Å². The average molecular weight is 341 g/mol. The first kappa shape index (κ1) is 16.5. The Balaban J connectivity index is 1.43. The molecule has 1 atom stereocenters. The quantitative estimate of drug-likeness (QED) is 0.836. The van der Waals surface area contributed by atoms with Crippen LogP contribution >= 0.6 is 0 Å². The van der Waals surface area contributed by atoms with E-state index < -0.39 is 0 Å². The summed E-state index contributed by atoms with van der Waals surface area (Å²) in [6, 6.07) is 9.04. The molecule has 1 aromatic carbocycles. The summed E-state index contributed by atoms with van der Waals surface area (Å²) in [4.78, 5) is 7.41. The van der Waals surface area contributed by atoms with Crippen LogP contribution in [0.1, 0.15) is 18.4 Å². The fraction of sp³-hybridized carbons (Fsp3) is 0.611. The van der Waals surface area contributed by atoms with E-state index in [2.05, 4.69) is 68.5 Å². The summed E-state index contributed by atoms with van der Waals surface area (Å²) in [5.41, 5.74) is 2.26. The Hall–Kier alpha value is -1.99. The number of piperazine rings is 1. The fourth-order valence-electron chi connectivity index (χ4n) is 3.96. The maximum atomic E-state index is 4.29. The molecule has 2 aliphatic rings. The van der Waals surface area contributed by atoms with Crippen LogP contribution in [0.2, 0.25) is 0 Å². The molecule has 2 aromatic rings. The molecule has 7 heteroatoms. The lowest BCUT2D eigenvalue weighted by atomic mass is 10.0. The molecule has 0 saturated carbocycles. The van der Waals surface area contributed by atoms with Gasteiger partial charge in [-0.15, -0.1) is 0 Å². The molecule has 4 rings (SSSR count). The Labute approximate surface area is 149 Å². The first-order valence-corrected chi connectivity index (χ1v) is 9.24. The minimum atomic E-state index is 0.703. The van der Waals surface area contributed by atoms with E-state index in [0.717, 1.165) is 37.8 Å². The highest BCUT2D eigenvalue weighted by Gasteiger charge is 2.28. The van der Waals surface area contributed by atoms with Crippen molar-refractivity contribution in [1.82, 2.24) is 30.0 Å². The fourth-order valence-corrected chi connectivity index (χ4v) is 3.96. The lowest BCUT2D eigenvalue weighted by Crippen LogP contribution is -2.55. The summed E-state index contributed by atoms with van der Waals surface area (Å²) >= 11 is 0. The van der Waals surface area contributed by atoms with Gasteiger partial charge in [0.05, 0.1) is 5.69 Å². The van der Waals surface area contributed by atoms with Crippen LogP contribution in [0.15, 0.2) is 24.3 Å². The van der Waals surface area contributed by atoms with Crippen molar-refractivity contribution < 1.29 is 0 Å². The molecule has 2 fully saturated rings. The molecule has 3 heterocycles. The van der Waals surface area contributed by atoms with E-state index in [1.54, 1.807) is 0 Å². The predicted molar refractivity (Wildman–Crippen MR) is 98.2 cm³/mol. The lowest BCUT2D eigenvalue weighted by Gasteiger charge is -2.42. The molecule has 0 bridgehead atoms. The van der Waals surface area contributed by atoms with E-state index in [0.29, 0.717) is 6.04 Å². The molecule has 25 heavy (non-hydrogen) atoms. The van der Waals surface area contributed by atoms with Gasteiger partial charge in [-0.05, 0) is 55.9 Å². The summed E-state index contributed by atoms with van der Waals surface area (Å²) in [5, 5.41) is 12.4. The van der Waals surface area contributed by atoms with Crippen molar-refractivity contribution in [2.75, 3.05) is 51.2 Å². The molecule has 2 saturated heterocycles. The molecule has 1 unspecified atom stereocenters. The van der Waals surface area contributed by atoms with Gasteiger partial charge in [0, 0.05) is 38.8 Å². The number of piperidine rings is 1. The second-order valence-corrected chi connectivity index (χ2v) is 7.31. The summed E-state index contributed by atoms with van der Waals surface area (Å²) in [5.74, 6) is 0.851. The molecule has 2 aliphatic heterocycles. The normalized spacial score (nSPS) is 23.1. The highest BCUT2D eigenvalue weighted by molar-refractivity contribution is 5.42. The van der Waals surface area contributed by atoms with Gasteiger partial charge in [-0.25, -0.2) is 0 Å². The number of aromatic nitrogens is 4. The van der Waals surface area contributed by atoms with E-state index in [1.807, 2.05) is 4.68 Å². The Morgan fingerprint density at radius 3 is 2.48 bits per heavy atom. The van der Waals surface area contributed by atoms with Gasteiger partial charge in [0.2, 0.25) is 5.95 Å². The first-order valence-electron chi connectivity index (χ1n) is 9.24. The summed E-state index contributed by atoms with van der Waals surface area (Å²) in [6.07, 6.45) is 2.64. The number of nitrogens with zero attached hydrogens (tertiary/aromatic N) is 7. The van der Waals surface area contributed by atoms with Crippen molar-refractivity contribution in [2.45, 2.75) is 25.8 Å². The Kier molecular flexibility index (Phi) is 4.67. The SMILES string of the molecule is Cc1ccc(-n2nnnc2N2CCN(C3CCCN(C)C3)CC2)cc1. The number of likely N-dealkylation sites (N-methyl/N-ethyl adjacent to an activating group) is 1. The topological polar surface area (TPSA) is 53.3 Å². The van der Waals surface area contributed by atoms with Gasteiger partial charge >= 0.3 is 0 Å². The zero-order valence-electron chi connectivity index (χ0n) is 15.2. The van der Waals surface area contributed by atoms with Crippen LogP contribution in [0.3, 0.4) is 0 Å². The van der Waals surface area contributed by atoms with Gasteiger partial charge in [0.25, 0.3) is 0 Å². The molecule has 0 spiro atoms. The number of rotatable bonds is 3. The Bertz CT molecular complexity index is 688.